The number of anilines is 1. The molecule has 0 spiro atoms. The SMILES string of the molecule is CCCN1CCN(C2CCN(C(=O)NC3(c4ccccc4OC(C)C)C(=O)N(S(=O)(=O)c4ccc(OC)cc4)c4ccc(C#N)cc43)CC2)CC1. The molecular weight excluding hydrogens is 669 g/mol. The van der Waals surface area contributed by atoms with Gasteiger partial charge in [0.25, 0.3) is 15.9 Å². The number of fused-ring (bicyclic) bond motifs is 1. The van der Waals surface area contributed by atoms with Crippen LogP contribution in [0.1, 0.15) is 56.7 Å². The first-order chi connectivity index (χ1) is 24.5. The van der Waals surface area contributed by atoms with Crippen molar-refractivity contribution in [3.8, 4) is 17.6 Å². The Morgan fingerprint density at radius 3 is 2.29 bits per heavy atom. The van der Waals surface area contributed by atoms with Gasteiger partial charge < -0.3 is 24.6 Å². The van der Waals surface area contributed by atoms with Crippen LogP contribution in [0.2, 0.25) is 0 Å². The number of benzene rings is 3. The fourth-order valence-electron chi connectivity index (χ4n) is 7.48. The van der Waals surface area contributed by atoms with E-state index in [4.69, 9.17) is 9.47 Å². The number of hydrogen-bond donors (Lipinski definition) is 1. The summed E-state index contributed by atoms with van der Waals surface area (Å²) in [6.07, 6.45) is 2.39. The van der Waals surface area contributed by atoms with Gasteiger partial charge in [0.15, 0.2) is 5.54 Å². The van der Waals surface area contributed by atoms with Crippen LogP contribution in [0.4, 0.5) is 10.5 Å². The summed E-state index contributed by atoms with van der Waals surface area (Å²) in [5.41, 5.74) is -1.38. The molecule has 0 aromatic heterocycles. The standard InChI is InChI=1S/C38H46N6O6S/c1-5-18-41-21-23-42(24-22-41)29-16-19-43(20-17-29)37(46)40-38(32-8-6-7-9-35(32)50-27(2)3)33-25-28(26-39)10-15-34(33)44(36(38)45)51(47,48)31-13-11-30(49-4)12-14-31/h6-15,25,27,29H,5,16-24H2,1-4H3,(H,40,46). The van der Waals surface area contributed by atoms with Crippen LogP contribution in [0.5, 0.6) is 11.5 Å². The summed E-state index contributed by atoms with van der Waals surface area (Å²) in [6.45, 7) is 12.0. The zero-order valence-electron chi connectivity index (χ0n) is 29.7. The van der Waals surface area contributed by atoms with Crippen LogP contribution in [0.3, 0.4) is 0 Å². The number of hydrogen-bond acceptors (Lipinski definition) is 9. The van der Waals surface area contributed by atoms with Crippen molar-refractivity contribution in [1.29, 1.82) is 5.26 Å². The van der Waals surface area contributed by atoms with Gasteiger partial charge in [-0.05, 0) is 88.2 Å². The number of carbonyl (C=O) groups is 2. The Morgan fingerprint density at radius 2 is 1.67 bits per heavy atom. The van der Waals surface area contributed by atoms with Gasteiger partial charge >= 0.3 is 6.03 Å². The quantitative estimate of drug-likeness (QED) is 0.321. The summed E-state index contributed by atoms with van der Waals surface area (Å²) in [6, 6.07) is 18.9. The number of carbonyl (C=O) groups excluding carboxylic acids is 2. The van der Waals surface area contributed by atoms with Crippen LogP contribution in [-0.2, 0) is 20.4 Å². The highest BCUT2D eigenvalue weighted by Gasteiger charge is 2.59. The highest BCUT2D eigenvalue weighted by Crippen LogP contribution is 2.49. The molecule has 6 rings (SSSR count). The molecular formula is C38H46N6O6S. The predicted molar refractivity (Wildman–Crippen MR) is 193 cm³/mol. The lowest BCUT2D eigenvalue weighted by atomic mass is 9.82. The van der Waals surface area contributed by atoms with Crippen molar-refractivity contribution in [2.45, 2.75) is 62.6 Å². The Kier molecular flexibility index (Phi) is 10.6. The first kappa shape index (κ1) is 36.2. The second kappa shape index (κ2) is 14.9. The number of piperidine rings is 1. The Bertz CT molecular complexity index is 1900. The van der Waals surface area contributed by atoms with Crippen LogP contribution in [0.15, 0.2) is 71.6 Å². The van der Waals surface area contributed by atoms with Gasteiger partial charge in [0, 0.05) is 56.4 Å². The van der Waals surface area contributed by atoms with Crippen LogP contribution in [-0.4, -0.2) is 100 Å². The molecule has 51 heavy (non-hydrogen) atoms. The van der Waals surface area contributed by atoms with Crippen molar-refractivity contribution in [2.75, 3.05) is 57.2 Å². The minimum atomic E-state index is -4.52. The van der Waals surface area contributed by atoms with E-state index < -0.39 is 27.5 Å². The summed E-state index contributed by atoms with van der Waals surface area (Å²) < 4.78 is 41.0. The maximum absolute atomic E-state index is 15.2. The van der Waals surface area contributed by atoms with Gasteiger partial charge in [0.05, 0.1) is 35.4 Å². The lowest BCUT2D eigenvalue weighted by Gasteiger charge is -2.43. The van der Waals surface area contributed by atoms with Crippen molar-refractivity contribution in [2.24, 2.45) is 0 Å². The van der Waals surface area contributed by atoms with Gasteiger partial charge in [-0.25, -0.2) is 13.2 Å². The summed E-state index contributed by atoms with van der Waals surface area (Å²) in [5.74, 6) is -0.153. The fourth-order valence-corrected chi connectivity index (χ4v) is 8.94. The maximum Gasteiger partial charge on any atom is 0.318 e. The molecule has 1 unspecified atom stereocenters. The molecule has 2 saturated heterocycles. The minimum Gasteiger partial charge on any atom is -0.497 e. The van der Waals surface area contributed by atoms with Crippen molar-refractivity contribution in [3.05, 3.63) is 83.4 Å². The van der Waals surface area contributed by atoms with E-state index in [1.54, 1.807) is 29.2 Å². The summed E-state index contributed by atoms with van der Waals surface area (Å²) >= 11 is 0. The lowest BCUT2D eigenvalue weighted by Crippen LogP contribution is -2.59. The molecule has 3 heterocycles. The second-order valence-corrected chi connectivity index (χ2v) is 15.3. The third-order valence-corrected chi connectivity index (χ3v) is 11.7. The number of nitrogens with zero attached hydrogens (tertiary/aromatic N) is 5. The van der Waals surface area contributed by atoms with Crippen LogP contribution < -0.4 is 19.1 Å². The average molecular weight is 715 g/mol. The molecule has 0 radical (unpaired) electrons. The number of rotatable bonds is 10. The lowest BCUT2D eigenvalue weighted by molar-refractivity contribution is -0.121. The molecule has 3 aliphatic heterocycles. The number of nitrogens with one attached hydrogen (secondary N) is 1. The highest BCUT2D eigenvalue weighted by atomic mass is 32.2. The van der Waals surface area contributed by atoms with Gasteiger partial charge in [-0.15, -0.1) is 0 Å². The van der Waals surface area contributed by atoms with E-state index in [1.165, 1.54) is 49.6 Å². The van der Waals surface area contributed by atoms with E-state index >= 15 is 4.79 Å². The molecule has 0 aliphatic carbocycles. The zero-order valence-corrected chi connectivity index (χ0v) is 30.5. The zero-order chi connectivity index (χ0) is 36.3. The minimum absolute atomic E-state index is 0.0374. The number of likely N-dealkylation sites (tertiary alicyclic amines) is 1. The Labute approximate surface area is 300 Å². The van der Waals surface area contributed by atoms with Crippen molar-refractivity contribution in [3.63, 3.8) is 0 Å². The van der Waals surface area contributed by atoms with E-state index in [2.05, 4.69) is 28.1 Å². The smallest absolute Gasteiger partial charge is 0.318 e. The Hall–Kier alpha value is -4.64. The van der Waals surface area contributed by atoms with Crippen molar-refractivity contribution in [1.82, 2.24) is 20.0 Å². The molecule has 270 valence electrons. The van der Waals surface area contributed by atoms with E-state index in [0.717, 1.165) is 56.3 Å². The molecule has 13 heteroatoms. The number of nitriles is 1. The third-order valence-electron chi connectivity index (χ3n) is 10.0. The topological polar surface area (TPSA) is 136 Å². The number of sulfonamides is 1. The van der Waals surface area contributed by atoms with E-state index in [9.17, 15) is 18.5 Å². The monoisotopic (exact) mass is 714 g/mol. The number of para-hydroxylation sites is 1. The molecule has 3 aliphatic rings. The van der Waals surface area contributed by atoms with E-state index in [1.807, 2.05) is 13.8 Å². The molecule has 3 aromatic rings. The first-order valence-electron chi connectivity index (χ1n) is 17.6. The van der Waals surface area contributed by atoms with Gasteiger partial charge in [-0.3, -0.25) is 9.69 Å². The summed E-state index contributed by atoms with van der Waals surface area (Å²) in [4.78, 5) is 36.1. The molecule has 12 nitrogen and oxygen atoms in total. The first-order valence-corrected chi connectivity index (χ1v) is 19.1. The van der Waals surface area contributed by atoms with E-state index in [-0.39, 0.29) is 33.4 Å². The molecule has 0 bridgehead atoms. The second-order valence-electron chi connectivity index (χ2n) is 13.5. The predicted octanol–water partition coefficient (Wildman–Crippen LogP) is 4.53. The molecule has 2 fully saturated rings. The summed E-state index contributed by atoms with van der Waals surface area (Å²) in [7, 11) is -3.04. The highest BCUT2D eigenvalue weighted by molar-refractivity contribution is 7.93. The number of piperazine rings is 1. The number of amides is 3. The van der Waals surface area contributed by atoms with Crippen molar-refractivity contribution >= 4 is 27.6 Å². The van der Waals surface area contributed by atoms with Gasteiger partial charge in [-0.2, -0.15) is 9.57 Å². The maximum atomic E-state index is 15.2. The number of urea groups is 1. The molecule has 1 N–H and O–H groups in total. The molecule has 3 amide bonds. The van der Waals surface area contributed by atoms with Crippen LogP contribution in [0, 0.1) is 11.3 Å². The Morgan fingerprint density at radius 1 is 0.980 bits per heavy atom. The third kappa shape index (κ3) is 6.88. The number of ether oxygens (including phenoxy) is 2. The normalized spacial score (nSPS) is 20.3. The largest absolute Gasteiger partial charge is 0.497 e. The van der Waals surface area contributed by atoms with Gasteiger partial charge in [0.2, 0.25) is 0 Å². The Balaban J connectivity index is 1.39. The average Bonchev–Trinajstić information content (AvgIpc) is 3.39. The molecule has 1 atom stereocenters. The molecule has 3 aromatic carbocycles. The summed E-state index contributed by atoms with van der Waals surface area (Å²) in [5, 5.41) is 13.0. The van der Waals surface area contributed by atoms with Gasteiger partial charge in [-0.1, -0.05) is 25.1 Å². The fraction of sp³-hybridized carbons (Fsp3) is 0.447. The molecule has 0 saturated carbocycles. The van der Waals surface area contributed by atoms with Crippen molar-refractivity contribution < 1.29 is 27.5 Å². The van der Waals surface area contributed by atoms with Gasteiger partial charge in [0.1, 0.15) is 11.5 Å². The van der Waals surface area contributed by atoms with Crippen LogP contribution in [0.25, 0.3) is 0 Å². The van der Waals surface area contributed by atoms with Crippen LogP contribution >= 0.6 is 0 Å². The van der Waals surface area contributed by atoms with E-state index in [0.29, 0.717) is 30.6 Å². The number of methoxy groups -OCH3 is 1.